The number of aromatic nitrogens is 2. The third-order valence-electron chi connectivity index (χ3n) is 3.22. The fraction of sp³-hybridized carbons (Fsp3) is 0.333. The zero-order chi connectivity index (χ0) is 13.1. The largest absolute Gasteiger partial charge is 0.370 e. The Kier molecular flexibility index (Phi) is 3.65. The van der Waals surface area contributed by atoms with Gasteiger partial charge in [-0.1, -0.05) is 41.9 Å². The third kappa shape index (κ3) is 3.44. The molecule has 3 nitrogen and oxygen atoms in total. The summed E-state index contributed by atoms with van der Waals surface area (Å²) in [4.78, 5) is 8.80. The summed E-state index contributed by atoms with van der Waals surface area (Å²) in [5.74, 6) is 2.24. The molecule has 0 amide bonds. The van der Waals surface area contributed by atoms with E-state index in [1.807, 2.05) is 6.07 Å². The Balaban J connectivity index is 1.60. The number of hydrogen-bond donors (Lipinski definition) is 1. The molecule has 0 unspecified atom stereocenters. The van der Waals surface area contributed by atoms with Gasteiger partial charge in [-0.05, 0) is 24.8 Å². The summed E-state index contributed by atoms with van der Waals surface area (Å²) in [5, 5.41) is 3.85. The molecular weight excluding hydrogens is 258 g/mol. The van der Waals surface area contributed by atoms with Gasteiger partial charge in [0.2, 0.25) is 0 Å². The van der Waals surface area contributed by atoms with Crippen LogP contribution in [0.1, 0.15) is 30.1 Å². The van der Waals surface area contributed by atoms with Crippen LogP contribution in [0.2, 0.25) is 5.15 Å². The molecule has 1 aliphatic rings. The summed E-state index contributed by atoms with van der Waals surface area (Å²) in [6.45, 7) is 0.849. The van der Waals surface area contributed by atoms with Gasteiger partial charge in [0.1, 0.15) is 16.8 Å². The molecule has 1 heterocycles. The molecule has 0 spiro atoms. The van der Waals surface area contributed by atoms with Gasteiger partial charge in [-0.25, -0.2) is 9.97 Å². The molecule has 4 heteroatoms. The molecule has 0 saturated heterocycles. The van der Waals surface area contributed by atoms with Crippen molar-refractivity contribution in [1.29, 1.82) is 0 Å². The summed E-state index contributed by atoms with van der Waals surface area (Å²) < 4.78 is 0. The lowest BCUT2D eigenvalue weighted by Crippen LogP contribution is -2.08. The van der Waals surface area contributed by atoms with Crippen LogP contribution in [0, 0.1) is 0 Å². The molecule has 1 saturated carbocycles. The second-order valence-corrected chi connectivity index (χ2v) is 5.26. The highest BCUT2D eigenvalue weighted by Crippen LogP contribution is 2.38. The van der Waals surface area contributed by atoms with Crippen LogP contribution in [0.15, 0.2) is 36.4 Å². The second-order valence-electron chi connectivity index (χ2n) is 4.87. The van der Waals surface area contributed by atoms with E-state index in [2.05, 4.69) is 39.6 Å². The maximum atomic E-state index is 6.03. The molecule has 3 rings (SSSR count). The van der Waals surface area contributed by atoms with Gasteiger partial charge in [-0.2, -0.15) is 0 Å². The number of anilines is 1. The first-order valence-electron chi connectivity index (χ1n) is 6.63. The smallest absolute Gasteiger partial charge is 0.135 e. The Morgan fingerprint density at radius 2 is 1.95 bits per heavy atom. The van der Waals surface area contributed by atoms with Crippen LogP contribution in [-0.2, 0) is 6.42 Å². The van der Waals surface area contributed by atoms with Gasteiger partial charge in [0.25, 0.3) is 0 Å². The van der Waals surface area contributed by atoms with Crippen molar-refractivity contribution < 1.29 is 0 Å². The fourth-order valence-corrected chi connectivity index (χ4v) is 2.22. The Hall–Kier alpha value is -1.61. The van der Waals surface area contributed by atoms with Gasteiger partial charge in [-0.3, -0.25) is 0 Å². The number of nitrogens with zero attached hydrogens (tertiary/aromatic N) is 2. The fourth-order valence-electron chi connectivity index (χ4n) is 2.03. The lowest BCUT2D eigenvalue weighted by molar-refractivity contribution is 0.915. The molecule has 98 valence electrons. The van der Waals surface area contributed by atoms with Gasteiger partial charge in [0, 0.05) is 18.5 Å². The van der Waals surface area contributed by atoms with E-state index in [9.17, 15) is 0 Å². The Morgan fingerprint density at radius 3 is 2.68 bits per heavy atom. The van der Waals surface area contributed by atoms with Crippen molar-refractivity contribution >= 4 is 17.4 Å². The summed E-state index contributed by atoms with van der Waals surface area (Å²) >= 11 is 6.03. The zero-order valence-electron chi connectivity index (χ0n) is 10.6. The first-order valence-corrected chi connectivity index (χ1v) is 7.01. The van der Waals surface area contributed by atoms with Gasteiger partial charge in [0.05, 0.1) is 0 Å². The van der Waals surface area contributed by atoms with E-state index in [4.69, 9.17) is 11.6 Å². The van der Waals surface area contributed by atoms with E-state index in [1.54, 1.807) is 6.07 Å². The normalized spacial score (nSPS) is 14.4. The first kappa shape index (κ1) is 12.4. The van der Waals surface area contributed by atoms with Crippen LogP contribution in [0.4, 0.5) is 5.82 Å². The quantitative estimate of drug-likeness (QED) is 0.845. The lowest BCUT2D eigenvalue weighted by atomic mass is 10.1. The average molecular weight is 274 g/mol. The van der Waals surface area contributed by atoms with Crippen molar-refractivity contribution in [3.05, 3.63) is 52.9 Å². The third-order valence-corrected chi connectivity index (χ3v) is 3.41. The standard InChI is InChI=1S/C15H16ClN3/c16-13-10-14(19-15(18-13)12-6-7-12)17-9-8-11-4-2-1-3-5-11/h1-5,10,12H,6-9H2,(H,17,18,19). The van der Waals surface area contributed by atoms with E-state index < -0.39 is 0 Å². The van der Waals surface area contributed by atoms with E-state index >= 15 is 0 Å². The first-order chi connectivity index (χ1) is 9.31. The highest BCUT2D eigenvalue weighted by atomic mass is 35.5. The Labute approximate surface area is 118 Å². The average Bonchev–Trinajstić information content (AvgIpc) is 3.24. The minimum absolute atomic E-state index is 0.522. The van der Waals surface area contributed by atoms with E-state index in [0.29, 0.717) is 11.1 Å². The molecule has 1 aliphatic carbocycles. The summed E-state index contributed by atoms with van der Waals surface area (Å²) in [7, 11) is 0. The van der Waals surface area contributed by atoms with Crippen LogP contribution >= 0.6 is 11.6 Å². The van der Waals surface area contributed by atoms with Crippen LogP contribution < -0.4 is 5.32 Å². The van der Waals surface area contributed by atoms with Crippen LogP contribution in [0.25, 0.3) is 0 Å². The number of benzene rings is 1. The van der Waals surface area contributed by atoms with Crippen molar-refractivity contribution in [2.45, 2.75) is 25.2 Å². The van der Waals surface area contributed by atoms with Gasteiger partial charge in [0.15, 0.2) is 0 Å². The molecule has 1 fully saturated rings. The highest BCUT2D eigenvalue weighted by molar-refractivity contribution is 6.29. The minimum Gasteiger partial charge on any atom is -0.370 e. The Bertz CT molecular complexity index is 553. The molecular formula is C15H16ClN3. The van der Waals surface area contributed by atoms with Crippen molar-refractivity contribution in [2.24, 2.45) is 0 Å². The predicted molar refractivity (Wildman–Crippen MR) is 77.7 cm³/mol. The Morgan fingerprint density at radius 1 is 1.16 bits per heavy atom. The molecule has 0 aliphatic heterocycles. The van der Waals surface area contributed by atoms with Gasteiger partial charge < -0.3 is 5.32 Å². The van der Waals surface area contributed by atoms with Crippen LogP contribution in [0.5, 0.6) is 0 Å². The molecule has 0 bridgehead atoms. The number of halogens is 1. The van der Waals surface area contributed by atoms with Crippen LogP contribution in [-0.4, -0.2) is 16.5 Å². The van der Waals surface area contributed by atoms with Crippen molar-refractivity contribution in [1.82, 2.24) is 9.97 Å². The SMILES string of the molecule is Clc1cc(NCCc2ccccc2)nc(C2CC2)n1. The monoisotopic (exact) mass is 273 g/mol. The van der Waals surface area contributed by atoms with Gasteiger partial charge in [-0.15, -0.1) is 0 Å². The van der Waals surface area contributed by atoms with Crippen molar-refractivity contribution in [3.8, 4) is 0 Å². The molecule has 0 radical (unpaired) electrons. The number of nitrogens with one attached hydrogen (secondary N) is 1. The maximum Gasteiger partial charge on any atom is 0.135 e. The van der Waals surface area contributed by atoms with Crippen LogP contribution in [0.3, 0.4) is 0 Å². The van der Waals surface area contributed by atoms with Crippen molar-refractivity contribution in [3.63, 3.8) is 0 Å². The highest BCUT2D eigenvalue weighted by Gasteiger charge is 2.27. The molecule has 0 atom stereocenters. The van der Waals surface area contributed by atoms with E-state index in [1.165, 1.54) is 18.4 Å². The minimum atomic E-state index is 0.522. The second kappa shape index (κ2) is 5.57. The molecule has 1 N–H and O–H groups in total. The van der Waals surface area contributed by atoms with E-state index in [0.717, 1.165) is 24.6 Å². The molecule has 1 aromatic heterocycles. The zero-order valence-corrected chi connectivity index (χ0v) is 11.4. The summed E-state index contributed by atoms with van der Waals surface area (Å²) in [6, 6.07) is 12.2. The van der Waals surface area contributed by atoms with Gasteiger partial charge >= 0.3 is 0 Å². The van der Waals surface area contributed by atoms with E-state index in [-0.39, 0.29) is 0 Å². The predicted octanol–water partition coefficient (Wildman–Crippen LogP) is 3.66. The summed E-state index contributed by atoms with van der Waals surface area (Å²) in [6.07, 6.45) is 3.34. The topological polar surface area (TPSA) is 37.8 Å². The summed E-state index contributed by atoms with van der Waals surface area (Å²) in [5.41, 5.74) is 1.32. The lowest BCUT2D eigenvalue weighted by Gasteiger charge is -2.07. The molecule has 2 aromatic rings. The molecule has 19 heavy (non-hydrogen) atoms. The van der Waals surface area contributed by atoms with Crippen molar-refractivity contribution in [2.75, 3.05) is 11.9 Å². The maximum absolute atomic E-state index is 6.03. The molecule has 1 aromatic carbocycles. The number of rotatable bonds is 5. The number of hydrogen-bond acceptors (Lipinski definition) is 3.